The molecule has 2 atom stereocenters. The molecule has 2 aromatic heterocycles. The van der Waals surface area contributed by atoms with E-state index in [1.807, 2.05) is 19.9 Å². The molecule has 2 aromatic rings. The highest BCUT2D eigenvalue weighted by Gasteiger charge is 2.47. The van der Waals surface area contributed by atoms with E-state index < -0.39 is 5.60 Å². The van der Waals surface area contributed by atoms with E-state index in [4.69, 9.17) is 27.8 Å². The summed E-state index contributed by atoms with van der Waals surface area (Å²) in [6, 6.07) is 1.93. The molecule has 0 amide bonds. The maximum absolute atomic E-state index is 10.2. The van der Waals surface area contributed by atoms with Gasteiger partial charge in [0.15, 0.2) is 5.82 Å². The Labute approximate surface area is 215 Å². The van der Waals surface area contributed by atoms with Gasteiger partial charge in [-0.25, -0.2) is 15.0 Å². The fourth-order valence-electron chi connectivity index (χ4n) is 5.18. The summed E-state index contributed by atoms with van der Waals surface area (Å²) >= 11 is 8.10. The number of anilines is 3. The zero-order chi connectivity index (χ0) is 25.0. The maximum atomic E-state index is 10.2. The van der Waals surface area contributed by atoms with Crippen LogP contribution in [0.1, 0.15) is 33.6 Å². The van der Waals surface area contributed by atoms with Gasteiger partial charge in [-0.05, 0) is 39.7 Å². The number of ether oxygens (including phenoxy) is 1. The lowest BCUT2D eigenvalue weighted by atomic mass is 9.73. The number of nitrogens with two attached hydrogens (primary N) is 2. The number of piperidine rings is 1. The molecule has 5 N–H and O–H groups in total. The summed E-state index contributed by atoms with van der Waals surface area (Å²) in [4.78, 5) is 18.9. The molecular formula is C24H34ClN7O2S. The smallest absolute Gasteiger partial charge is 0.158 e. The molecular weight excluding hydrogens is 486 g/mol. The number of hydrogen-bond acceptors (Lipinski definition) is 10. The minimum absolute atomic E-state index is 0.0594. The van der Waals surface area contributed by atoms with E-state index in [9.17, 15) is 5.11 Å². The van der Waals surface area contributed by atoms with E-state index in [1.54, 1.807) is 12.4 Å². The number of aliphatic hydroxyl groups is 1. The normalized spacial score (nSPS) is 24.7. The predicted octanol–water partition coefficient (Wildman–Crippen LogP) is 2.80. The third kappa shape index (κ3) is 4.67. The van der Waals surface area contributed by atoms with Crippen LogP contribution < -0.4 is 21.3 Å². The molecule has 190 valence electrons. The number of halogens is 1. The molecule has 0 aliphatic carbocycles. The Kier molecular flexibility index (Phi) is 6.54. The van der Waals surface area contributed by atoms with Gasteiger partial charge in [0.25, 0.3) is 0 Å². The number of nitrogens with zero attached hydrogens (tertiary/aromatic N) is 5. The molecule has 3 aliphatic heterocycles. The van der Waals surface area contributed by atoms with Crippen LogP contribution in [0.15, 0.2) is 28.4 Å². The van der Waals surface area contributed by atoms with Gasteiger partial charge >= 0.3 is 0 Å². The van der Waals surface area contributed by atoms with Crippen molar-refractivity contribution in [3.8, 4) is 0 Å². The highest BCUT2D eigenvalue weighted by Crippen LogP contribution is 2.43. The van der Waals surface area contributed by atoms with E-state index in [0.717, 1.165) is 43.3 Å². The number of rotatable bonds is 5. The maximum Gasteiger partial charge on any atom is 0.158 e. The predicted molar refractivity (Wildman–Crippen MR) is 139 cm³/mol. The summed E-state index contributed by atoms with van der Waals surface area (Å²) in [5.41, 5.74) is 12.1. The van der Waals surface area contributed by atoms with Crippen molar-refractivity contribution in [2.75, 3.05) is 48.3 Å². The average Bonchev–Trinajstić information content (AvgIpc) is 3.04. The minimum atomic E-state index is -0.717. The van der Waals surface area contributed by atoms with Gasteiger partial charge in [-0.15, -0.1) is 0 Å². The van der Waals surface area contributed by atoms with Gasteiger partial charge in [-0.2, -0.15) is 0 Å². The Morgan fingerprint density at radius 1 is 1.23 bits per heavy atom. The topological polar surface area (TPSA) is 127 Å². The Morgan fingerprint density at radius 2 is 1.94 bits per heavy atom. The van der Waals surface area contributed by atoms with Gasteiger partial charge < -0.3 is 31.1 Å². The van der Waals surface area contributed by atoms with Crippen molar-refractivity contribution in [1.82, 2.24) is 15.0 Å². The second-order valence-electron chi connectivity index (χ2n) is 10.6. The van der Waals surface area contributed by atoms with Crippen molar-refractivity contribution in [1.29, 1.82) is 0 Å². The van der Waals surface area contributed by atoms with Gasteiger partial charge in [0.05, 0.1) is 29.5 Å². The van der Waals surface area contributed by atoms with Crippen LogP contribution in [0.3, 0.4) is 0 Å². The first-order valence-corrected chi connectivity index (χ1v) is 13.3. The summed E-state index contributed by atoms with van der Waals surface area (Å²) in [6.45, 7) is 9.60. The Balaban J connectivity index is 1.25. The van der Waals surface area contributed by atoms with Crippen LogP contribution in [0.25, 0.3) is 0 Å². The highest BCUT2D eigenvalue weighted by molar-refractivity contribution is 7.99. The highest BCUT2D eigenvalue weighted by atomic mass is 35.5. The second kappa shape index (κ2) is 9.23. The van der Waals surface area contributed by atoms with Crippen molar-refractivity contribution < 1.29 is 9.84 Å². The SMILES string of the molecule is C[C@@H]1OCC2(CCN(c3cnc(Sc4ccnc(N5CC(C(C)(C)O)C5)c4Cl)c(N)n3)CC2)[C@@H]1N. The lowest BCUT2D eigenvalue weighted by Gasteiger charge is -2.46. The first-order chi connectivity index (χ1) is 16.6. The van der Waals surface area contributed by atoms with Crippen molar-refractivity contribution in [2.45, 2.75) is 61.3 Å². The van der Waals surface area contributed by atoms with Crippen molar-refractivity contribution in [3.05, 3.63) is 23.5 Å². The van der Waals surface area contributed by atoms with E-state index >= 15 is 0 Å². The van der Waals surface area contributed by atoms with Gasteiger partial charge in [0.2, 0.25) is 0 Å². The lowest BCUT2D eigenvalue weighted by molar-refractivity contribution is 0.00438. The molecule has 3 fully saturated rings. The molecule has 11 heteroatoms. The van der Waals surface area contributed by atoms with Crippen LogP contribution in [0.5, 0.6) is 0 Å². The summed E-state index contributed by atoms with van der Waals surface area (Å²) < 4.78 is 5.83. The molecule has 0 bridgehead atoms. The number of hydrogen-bond donors (Lipinski definition) is 3. The summed E-state index contributed by atoms with van der Waals surface area (Å²) in [7, 11) is 0. The first-order valence-electron chi connectivity index (χ1n) is 12.1. The molecule has 0 radical (unpaired) electrons. The fraction of sp³-hybridized carbons (Fsp3) is 0.625. The molecule has 0 unspecified atom stereocenters. The van der Waals surface area contributed by atoms with Crippen molar-refractivity contribution in [3.63, 3.8) is 0 Å². The van der Waals surface area contributed by atoms with E-state index in [0.29, 0.717) is 34.8 Å². The Bertz CT molecular complexity index is 1080. The van der Waals surface area contributed by atoms with Crippen molar-refractivity contribution in [2.24, 2.45) is 17.1 Å². The van der Waals surface area contributed by atoms with E-state index in [2.05, 4.69) is 31.7 Å². The molecule has 5 rings (SSSR count). The van der Waals surface area contributed by atoms with Gasteiger partial charge in [0, 0.05) is 54.6 Å². The van der Waals surface area contributed by atoms with Crippen LogP contribution in [-0.4, -0.2) is 70.6 Å². The van der Waals surface area contributed by atoms with Gasteiger partial charge in [-0.3, -0.25) is 0 Å². The van der Waals surface area contributed by atoms with Gasteiger partial charge in [0.1, 0.15) is 16.7 Å². The average molecular weight is 520 g/mol. The number of pyridine rings is 1. The van der Waals surface area contributed by atoms with Gasteiger partial charge in [-0.1, -0.05) is 23.4 Å². The molecule has 9 nitrogen and oxygen atoms in total. The molecule has 35 heavy (non-hydrogen) atoms. The monoisotopic (exact) mass is 519 g/mol. The number of aromatic nitrogens is 3. The fourth-order valence-corrected chi connectivity index (χ4v) is 6.31. The van der Waals surface area contributed by atoms with Crippen molar-refractivity contribution >= 4 is 40.8 Å². The Hall–Kier alpha value is -1.85. The molecule has 3 saturated heterocycles. The Morgan fingerprint density at radius 3 is 2.54 bits per heavy atom. The molecule has 3 aliphatic rings. The van der Waals surface area contributed by atoms with Crippen LogP contribution >= 0.6 is 23.4 Å². The third-order valence-electron chi connectivity index (χ3n) is 7.90. The van der Waals surface area contributed by atoms with Crippen LogP contribution in [0.4, 0.5) is 17.5 Å². The molecule has 1 spiro atoms. The largest absolute Gasteiger partial charge is 0.390 e. The van der Waals surface area contributed by atoms with Crippen LogP contribution in [0, 0.1) is 11.3 Å². The quantitative estimate of drug-likeness (QED) is 0.542. The summed E-state index contributed by atoms with van der Waals surface area (Å²) in [5, 5.41) is 11.4. The molecule has 5 heterocycles. The van der Waals surface area contributed by atoms with E-state index in [1.165, 1.54) is 11.8 Å². The summed E-state index contributed by atoms with van der Waals surface area (Å²) in [6.07, 6.45) is 5.57. The first kappa shape index (κ1) is 24.8. The molecule has 0 saturated carbocycles. The molecule has 0 aromatic carbocycles. The minimum Gasteiger partial charge on any atom is -0.390 e. The summed E-state index contributed by atoms with van der Waals surface area (Å²) in [5.74, 6) is 2.06. The number of nitrogen functional groups attached to an aromatic ring is 1. The standard InChI is InChI=1S/C24H34ClN7O2S/c1-14-19(26)24(13-34-14)5-8-31(9-6-24)17-10-29-22(20(27)30-17)35-16-4-7-28-21(18(16)25)32-11-15(12-32)23(2,3)33/h4,7,10,14-15,19,33H,5-6,8-9,11-13,26H2,1-3H3,(H2,27,30)/t14-,19+/m0/s1. The second-order valence-corrected chi connectivity index (χ2v) is 12.0. The van der Waals surface area contributed by atoms with E-state index in [-0.39, 0.29) is 23.5 Å². The third-order valence-corrected chi connectivity index (χ3v) is 9.46. The zero-order valence-electron chi connectivity index (χ0n) is 20.4. The zero-order valence-corrected chi connectivity index (χ0v) is 22.0. The van der Waals surface area contributed by atoms with Crippen LogP contribution in [0.2, 0.25) is 5.02 Å². The van der Waals surface area contributed by atoms with Crippen LogP contribution in [-0.2, 0) is 4.74 Å². The lowest BCUT2D eigenvalue weighted by Crippen LogP contribution is -2.56.